The third-order valence-electron chi connectivity index (χ3n) is 7.14. The van der Waals surface area contributed by atoms with Gasteiger partial charge in [-0.15, -0.1) is 0 Å². The predicted molar refractivity (Wildman–Crippen MR) is 129 cm³/mol. The third kappa shape index (κ3) is 3.11. The Labute approximate surface area is 199 Å². The molecule has 3 aliphatic rings. The number of fused-ring (bicyclic) bond motifs is 1. The topological polar surface area (TPSA) is 134 Å². The Bertz CT molecular complexity index is 1190. The molecule has 34 heavy (non-hydrogen) atoms. The summed E-state index contributed by atoms with van der Waals surface area (Å²) in [5, 5.41) is 14.8. The number of ether oxygens (including phenoxy) is 1. The van der Waals surface area contributed by atoms with Crippen LogP contribution in [0.25, 0.3) is 16.7 Å². The first-order valence-electron chi connectivity index (χ1n) is 11.5. The average molecular weight is 488 g/mol. The highest BCUT2D eigenvalue weighted by molar-refractivity contribution is 6.73. The normalized spacial score (nSPS) is 31.1. The van der Waals surface area contributed by atoms with Crippen LogP contribution in [0.4, 0.5) is 5.82 Å². The van der Waals surface area contributed by atoms with Gasteiger partial charge < -0.3 is 34.3 Å². The fraction of sp³-hybridized carbons (Fsp3) is 0.609. The minimum atomic E-state index is -2.82. The lowest BCUT2D eigenvalue weighted by atomic mass is 9.96. The summed E-state index contributed by atoms with van der Waals surface area (Å²) in [4.78, 5) is 20.8. The molecule has 11 heteroatoms. The molecule has 5 rings (SSSR count). The van der Waals surface area contributed by atoms with Gasteiger partial charge in [0.25, 0.3) is 5.91 Å². The van der Waals surface area contributed by atoms with Crippen LogP contribution >= 0.6 is 0 Å². The molecule has 0 radical (unpaired) electrons. The zero-order chi connectivity index (χ0) is 24.8. The smallest absolute Gasteiger partial charge is 0.349 e. The number of hydrogen-bond acceptors (Lipinski definition) is 8. The highest BCUT2D eigenvalue weighted by Gasteiger charge is 2.67. The summed E-state index contributed by atoms with van der Waals surface area (Å²) in [6, 6.07) is 0. The van der Waals surface area contributed by atoms with Gasteiger partial charge in [0, 0.05) is 33.6 Å². The fourth-order valence-electron chi connectivity index (χ4n) is 5.83. The second kappa shape index (κ2) is 7.11. The molecule has 0 saturated carbocycles. The zero-order valence-corrected chi connectivity index (χ0v) is 21.7. The summed E-state index contributed by atoms with van der Waals surface area (Å²) in [7, 11) is -2.82. The van der Waals surface area contributed by atoms with E-state index in [1.807, 2.05) is 0 Å². The van der Waals surface area contributed by atoms with Crippen molar-refractivity contribution in [1.29, 1.82) is 0 Å². The van der Waals surface area contributed by atoms with Crippen molar-refractivity contribution in [3.05, 3.63) is 24.2 Å². The first-order chi connectivity index (χ1) is 15.7. The second-order valence-corrected chi connectivity index (χ2v) is 16.4. The molecule has 0 aliphatic carbocycles. The summed E-state index contributed by atoms with van der Waals surface area (Å²) in [6.45, 7) is 14.9. The van der Waals surface area contributed by atoms with Crippen molar-refractivity contribution in [3.63, 3.8) is 0 Å². The summed E-state index contributed by atoms with van der Waals surface area (Å²) in [5.41, 5.74) is 6.21. The van der Waals surface area contributed by atoms with Gasteiger partial charge in [0.1, 0.15) is 35.6 Å². The summed E-state index contributed by atoms with van der Waals surface area (Å²) in [6.07, 6.45) is 2.60. The standard InChI is InChI=1S/C23H33N5O5Si/c1-21(2,3)34(22(4,5)6)31-10-14-17(33-34)23(7,30)20(32-14)28-9-12-13(24)8-15(29)27-18-16(12)19(28)26-11-25-18/h8-9,11,14,17,20,30H,10,24H2,1-7H3,(H,25,26,27,29). The third-order valence-corrected chi connectivity index (χ3v) is 12.2. The van der Waals surface area contributed by atoms with Gasteiger partial charge in [0.05, 0.1) is 12.0 Å². The molecule has 184 valence electrons. The van der Waals surface area contributed by atoms with E-state index >= 15 is 0 Å². The lowest BCUT2D eigenvalue weighted by Gasteiger charge is -2.54. The summed E-state index contributed by atoms with van der Waals surface area (Å²) < 4.78 is 21.5. The van der Waals surface area contributed by atoms with Crippen LogP contribution in [-0.2, 0) is 18.4 Å². The molecule has 4 unspecified atom stereocenters. The Kier molecular flexibility index (Phi) is 4.90. The van der Waals surface area contributed by atoms with E-state index in [1.54, 1.807) is 17.7 Å². The van der Waals surface area contributed by atoms with E-state index in [0.717, 1.165) is 0 Å². The van der Waals surface area contributed by atoms with Gasteiger partial charge in [0.15, 0.2) is 6.23 Å². The van der Waals surface area contributed by atoms with E-state index < -0.39 is 32.6 Å². The van der Waals surface area contributed by atoms with E-state index in [4.69, 9.17) is 19.3 Å². The fourth-order valence-corrected chi connectivity index (χ4v) is 10.9. The molecule has 2 saturated heterocycles. The number of nitrogens with two attached hydrogens (primary N) is 1. The molecule has 2 aromatic rings. The maximum absolute atomic E-state index is 12.1. The SMILES string of the molecule is CC1(O)C2O[Si](C(C)(C)C)(C(C)(C)C)OCC2OC1n1cc2c3c(ncnc31)NC(=O)C=C2N. The number of hydrogen-bond donors (Lipinski definition) is 3. The van der Waals surface area contributed by atoms with Crippen molar-refractivity contribution in [2.45, 2.75) is 82.6 Å². The minimum absolute atomic E-state index is 0.228. The van der Waals surface area contributed by atoms with Crippen LogP contribution in [0.3, 0.4) is 0 Å². The molecule has 5 heterocycles. The molecule has 1 amide bonds. The molecule has 0 aromatic carbocycles. The van der Waals surface area contributed by atoms with Crippen LogP contribution in [0.15, 0.2) is 18.6 Å². The number of aromatic nitrogens is 3. The van der Waals surface area contributed by atoms with Crippen molar-refractivity contribution in [1.82, 2.24) is 14.5 Å². The van der Waals surface area contributed by atoms with Crippen molar-refractivity contribution in [3.8, 4) is 0 Å². The number of rotatable bonds is 1. The average Bonchev–Trinajstić information content (AvgIpc) is 3.17. The monoisotopic (exact) mass is 487 g/mol. The number of anilines is 1. The van der Waals surface area contributed by atoms with Crippen LogP contribution in [0.2, 0.25) is 10.1 Å². The first kappa shape index (κ1) is 23.4. The van der Waals surface area contributed by atoms with Crippen LogP contribution in [0.1, 0.15) is 60.3 Å². The van der Waals surface area contributed by atoms with Crippen LogP contribution in [0.5, 0.6) is 0 Å². The lowest BCUT2D eigenvalue weighted by molar-refractivity contribution is -0.111. The molecule has 10 nitrogen and oxygen atoms in total. The van der Waals surface area contributed by atoms with E-state index in [1.165, 1.54) is 12.4 Å². The van der Waals surface area contributed by atoms with E-state index in [2.05, 4.69) is 56.8 Å². The first-order valence-corrected chi connectivity index (χ1v) is 13.3. The molecular formula is C23H33N5O5Si. The Balaban J connectivity index is 1.60. The van der Waals surface area contributed by atoms with Gasteiger partial charge in [0.2, 0.25) is 0 Å². The Morgan fingerprint density at radius 3 is 2.56 bits per heavy atom. The molecule has 2 fully saturated rings. The number of amides is 1. The Morgan fingerprint density at radius 1 is 1.24 bits per heavy atom. The maximum Gasteiger partial charge on any atom is 0.349 e. The molecule has 4 N–H and O–H groups in total. The molecular weight excluding hydrogens is 454 g/mol. The quantitative estimate of drug-likeness (QED) is 0.523. The molecule has 2 aromatic heterocycles. The largest absolute Gasteiger partial charge is 0.398 e. The van der Waals surface area contributed by atoms with Crippen molar-refractivity contribution < 1.29 is 23.5 Å². The highest BCUT2D eigenvalue weighted by Crippen LogP contribution is 2.57. The van der Waals surface area contributed by atoms with Crippen LogP contribution in [-0.4, -0.2) is 58.5 Å². The van der Waals surface area contributed by atoms with Gasteiger partial charge in [-0.2, -0.15) is 0 Å². The van der Waals surface area contributed by atoms with Crippen molar-refractivity contribution in [2.75, 3.05) is 11.9 Å². The van der Waals surface area contributed by atoms with Gasteiger partial charge in [-0.3, -0.25) is 4.79 Å². The number of nitrogens with zero attached hydrogens (tertiary/aromatic N) is 3. The molecule has 3 aliphatic heterocycles. The van der Waals surface area contributed by atoms with Gasteiger partial charge in [-0.25, -0.2) is 9.97 Å². The number of aliphatic hydroxyl groups is 1. The van der Waals surface area contributed by atoms with E-state index in [9.17, 15) is 9.90 Å². The Hall–Kier alpha value is -2.31. The van der Waals surface area contributed by atoms with Gasteiger partial charge in [-0.1, -0.05) is 41.5 Å². The molecule has 4 atom stereocenters. The van der Waals surface area contributed by atoms with Crippen LogP contribution < -0.4 is 11.1 Å². The van der Waals surface area contributed by atoms with Gasteiger partial charge in [-0.05, 0) is 6.92 Å². The van der Waals surface area contributed by atoms with Crippen LogP contribution in [0, 0.1) is 0 Å². The molecule has 0 spiro atoms. The number of carbonyl (C=O) groups excluding carboxylic acids is 1. The van der Waals surface area contributed by atoms with Crippen molar-refractivity contribution >= 4 is 37.0 Å². The Morgan fingerprint density at radius 2 is 1.91 bits per heavy atom. The molecule has 0 bridgehead atoms. The van der Waals surface area contributed by atoms with E-state index in [0.29, 0.717) is 29.0 Å². The van der Waals surface area contributed by atoms with E-state index in [-0.39, 0.29) is 21.7 Å². The van der Waals surface area contributed by atoms with Crippen molar-refractivity contribution in [2.24, 2.45) is 5.73 Å². The predicted octanol–water partition coefficient (Wildman–Crippen LogP) is 2.79. The maximum atomic E-state index is 12.1. The number of carbonyl (C=O) groups is 1. The summed E-state index contributed by atoms with van der Waals surface area (Å²) >= 11 is 0. The van der Waals surface area contributed by atoms with Gasteiger partial charge >= 0.3 is 8.56 Å². The lowest BCUT2D eigenvalue weighted by Crippen LogP contribution is -2.66. The summed E-state index contributed by atoms with van der Waals surface area (Å²) in [5.74, 6) is 0.00793. The number of nitrogens with one attached hydrogen (secondary N) is 1. The second-order valence-electron chi connectivity index (χ2n) is 11.7. The zero-order valence-electron chi connectivity index (χ0n) is 20.7. The highest BCUT2D eigenvalue weighted by atomic mass is 28.4. The minimum Gasteiger partial charge on any atom is -0.398 e.